The van der Waals surface area contributed by atoms with Gasteiger partial charge < -0.3 is 0 Å². The van der Waals surface area contributed by atoms with Gasteiger partial charge in [-0.05, 0) is 42.0 Å². The predicted molar refractivity (Wildman–Crippen MR) is 94.8 cm³/mol. The van der Waals surface area contributed by atoms with Crippen molar-refractivity contribution in [2.45, 2.75) is 57.8 Å². The van der Waals surface area contributed by atoms with Crippen LogP contribution in [-0.2, 0) is 6.42 Å². The first-order valence-corrected chi connectivity index (χ1v) is 8.49. The number of fused-ring (bicyclic) bond motifs is 1. The molecular formula is C21H28. The number of hydrogen-bond acceptors (Lipinski definition) is 0. The van der Waals surface area contributed by atoms with E-state index in [-0.39, 0.29) is 0 Å². The van der Waals surface area contributed by atoms with Gasteiger partial charge >= 0.3 is 0 Å². The van der Waals surface area contributed by atoms with Gasteiger partial charge in [0.2, 0.25) is 0 Å². The Hall–Kier alpha value is -1.56. The molecule has 21 heavy (non-hydrogen) atoms. The second kappa shape index (κ2) is 9.39. The molecular weight excluding hydrogens is 252 g/mol. The van der Waals surface area contributed by atoms with E-state index in [1.54, 1.807) is 0 Å². The molecule has 0 nitrogen and oxygen atoms in total. The third kappa shape index (κ3) is 5.75. The van der Waals surface area contributed by atoms with E-state index in [1.165, 1.54) is 74.1 Å². The zero-order chi connectivity index (χ0) is 14.8. The van der Waals surface area contributed by atoms with Gasteiger partial charge in [0.25, 0.3) is 0 Å². The van der Waals surface area contributed by atoms with Gasteiger partial charge in [0.05, 0.1) is 0 Å². The van der Waals surface area contributed by atoms with Crippen LogP contribution in [0.1, 0.15) is 56.9 Å². The Bertz CT molecular complexity index is 538. The summed E-state index contributed by atoms with van der Waals surface area (Å²) in [5.41, 5.74) is 1.49. The first-order chi connectivity index (χ1) is 10.4. The minimum Gasteiger partial charge on any atom is -0.103 e. The molecule has 0 saturated heterocycles. The molecule has 0 fully saturated rings. The molecule has 0 heterocycles. The van der Waals surface area contributed by atoms with Crippen molar-refractivity contribution < 1.29 is 0 Å². The average molecular weight is 280 g/mol. The maximum atomic E-state index is 3.77. The van der Waals surface area contributed by atoms with Crippen molar-refractivity contribution in [3.63, 3.8) is 0 Å². The summed E-state index contributed by atoms with van der Waals surface area (Å²) in [6.45, 7) is 3.77. The molecule has 0 spiro atoms. The molecule has 2 rings (SSSR count). The lowest BCUT2D eigenvalue weighted by Crippen LogP contribution is -1.87. The molecule has 0 radical (unpaired) electrons. The quantitative estimate of drug-likeness (QED) is 0.336. The van der Waals surface area contributed by atoms with Crippen LogP contribution in [-0.4, -0.2) is 0 Å². The number of rotatable bonds is 10. The second-order valence-electron chi connectivity index (χ2n) is 5.98. The lowest BCUT2D eigenvalue weighted by atomic mass is 10.0. The molecule has 2 aromatic rings. The molecule has 2 aromatic carbocycles. The summed E-state index contributed by atoms with van der Waals surface area (Å²) in [7, 11) is 0. The molecule has 0 atom stereocenters. The summed E-state index contributed by atoms with van der Waals surface area (Å²) in [6, 6.07) is 15.5. The van der Waals surface area contributed by atoms with Gasteiger partial charge in [0.1, 0.15) is 0 Å². The first-order valence-electron chi connectivity index (χ1n) is 8.49. The van der Waals surface area contributed by atoms with E-state index in [2.05, 4.69) is 49.0 Å². The third-order valence-corrected chi connectivity index (χ3v) is 4.19. The first kappa shape index (κ1) is 15.8. The normalized spacial score (nSPS) is 10.9. The van der Waals surface area contributed by atoms with Crippen molar-refractivity contribution in [2.75, 3.05) is 0 Å². The van der Waals surface area contributed by atoms with Crippen LogP contribution in [0, 0.1) is 0 Å². The molecule has 0 amide bonds. The summed E-state index contributed by atoms with van der Waals surface area (Å²) in [5.74, 6) is 0. The summed E-state index contributed by atoms with van der Waals surface area (Å²) in [6.07, 6.45) is 14.0. The Kier molecular flexibility index (Phi) is 7.07. The smallest absolute Gasteiger partial charge is 0.0181 e. The lowest BCUT2D eigenvalue weighted by Gasteiger charge is -2.04. The van der Waals surface area contributed by atoms with E-state index in [9.17, 15) is 0 Å². The molecule has 0 aliphatic rings. The van der Waals surface area contributed by atoms with Crippen molar-refractivity contribution in [3.05, 3.63) is 60.7 Å². The van der Waals surface area contributed by atoms with Crippen LogP contribution in [0.15, 0.2) is 55.1 Å². The van der Waals surface area contributed by atoms with E-state index in [1.807, 2.05) is 6.08 Å². The van der Waals surface area contributed by atoms with E-state index < -0.39 is 0 Å². The summed E-state index contributed by atoms with van der Waals surface area (Å²) in [5, 5.41) is 2.72. The molecule has 112 valence electrons. The van der Waals surface area contributed by atoms with Gasteiger partial charge in [0, 0.05) is 0 Å². The van der Waals surface area contributed by atoms with Crippen LogP contribution in [0.4, 0.5) is 0 Å². The fourth-order valence-electron chi connectivity index (χ4n) is 2.90. The van der Waals surface area contributed by atoms with Crippen molar-refractivity contribution in [3.8, 4) is 0 Å². The maximum absolute atomic E-state index is 3.77. The van der Waals surface area contributed by atoms with Crippen LogP contribution in [0.3, 0.4) is 0 Å². The molecule has 0 N–H and O–H groups in total. The topological polar surface area (TPSA) is 0 Å². The van der Waals surface area contributed by atoms with Gasteiger partial charge in [-0.15, -0.1) is 6.58 Å². The maximum Gasteiger partial charge on any atom is -0.0181 e. The van der Waals surface area contributed by atoms with Crippen LogP contribution < -0.4 is 0 Å². The predicted octanol–water partition coefficient (Wildman–Crippen LogP) is 6.69. The number of aryl methyl sites for hydroxylation is 1. The number of unbranched alkanes of at least 4 members (excludes halogenated alkanes) is 7. The average Bonchev–Trinajstić information content (AvgIpc) is 2.53. The number of allylic oxidation sites excluding steroid dienone is 1. The van der Waals surface area contributed by atoms with E-state index in [0.717, 1.165) is 0 Å². The fraction of sp³-hybridized carbons (Fsp3) is 0.429. The number of benzene rings is 2. The SMILES string of the molecule is C=CCCCCCCCCCc1ccc2ccccc2c1. The van der Waals surface area contributed by atoms with Crippen LogP contribution in [0.5, 0.6) is 0 Å². The standard InChI is InChI=1S/C21H28/c1-2-3-4-5-6-7-8-9-10-13-19-16-17-20-14-11-12-15-21(20)18-19/h2,11-12,14-18H,1,3-10,13H2. The minimum absolute atomic E-state index is 1.18. The molecule has 0 heteroatoms. The fourth-order valence-corrected chi connectivity index (χ4v) is 2.90. The van der Waals surface area contributed by atoms with Gasteiger partial charge in [-0.1, -0.05) is 80.6 Å². The highest BCUT2D eigenvalue weighted by molar-refractivity contribution is 5.82. The molecule has 0 aromatic heterocycles. The lowest BCUT2D eigenvalue weighted by molar-refractivity contribution is 0.581. The molecule has 0 unspecified atom stereocenters. The zero-order valence-corrected chi connectivity index (χ0v) is 13.2. The van der Waals surface area contributed by atoms with E-state index in [0.29, 0.717) is 0 Å². The van der Waals surface area contributed by atoms with Crippen molar-refractivity contribution in [1.82, 2.24) is 0 Å². The monoisotopic (exact) mass is 280 g/mol. The molecule has 0 aliphatic heterocycles. The highest BCUT2D eigenvalue weighted by Crippen LogP contribution is 2.17. The zero-order valence-electron chi connectivity index (χ0n) is 13.2. The van der Waals surface area contributed by atoms with Gasteiger partial charge in [-0.25, -0.2) is 0 Å². The molecule has 0 aliphatic carbocycles. The van der Waals surface area contributed by atoms with Gasteiger partial charge in [-0.2, -0.15) is 0 Å². The highest BCUT2D eigenvalue weighted by Gasteiger charge is 1.97. The van der Waals surface area contributed by atoms with Crippen molar-refractivity contribution in [1.29, 1.82) is 0 Å². The largest absolute Gasteiger partial charge is 0.103 e. The Balaban J connectivity index is 1.60. The minimum atomic E-state index is 1.18. The Morgan fingerprint density at radius 1 is 0.714 bits per heavy atom. The Morgan fingerprint density at radius 3 is 2.14 bits per heavy atom. The van der Waals surface area contributed by atoms with Crippen LogP contribution in [0.25, 0.3) is 10.8 Å². The summed E-state index contributed by atoms with van der Waals surface area (Å²) >= 11 is 0. The van der Waals surface area contributed by atoms with Gasteiger partial charge in [0.15, 0.2) is 0 Å². The van der Waals surface area contributed by atoms with Crippen molar-refractivity contribution >= 4 is 10.8 Å². The second-order valence-corrected chi connectivity index (χ2v) is 5.98. The Labute approximate surface area is 129 Å². The van der Waals surface area contributed by atoms with Crippen LogP contribution in [0.2, 0.25) is 0 Å². The highest BCUT2D eigenvalue weighted by atomic mass is 14.0. The van der Waals surface area contributed by atoms with Crippen molar-refractivity contribution in [2.24, 2.45) is 0 Å². The van der Waals surface area contributed by atoms with Gasteiger partial charge in [-0.3, -0.25) is 0 Å². The summed E-state index contributed by atoms with van der Waals surface area (Å²) in [4.78, 5) is 0. The third-order valence-electron chi connectivity index (χ3n) is 4.19. The number of hydrogen-bond donors (Lipinski definition) is 0. The molecule has 0 saturated carbocycles. The van der Waals surface area contributed by atoms with E-state index >= 15 is 0 Å². The van der Waals surface area contributed by atoms with Crippen LogP contribution >= 0.6 is 0 Å². The Morgan fingerprint density at radius 2 is 1.38 bits per heavy atom. The summed E-state index contributed by atoms with van der Waals surface area (Å²) < 4.78 is 0. The molecule has 0 bridgehead atoms. The van der Waals surface area contributed by atoms with E-state index in [4.69, 9.17) is 0 Å².